The molecule has 0 radical (unpaired) electrons. The molecular weight excluding hydrogens is 358 g/mol. The first-order valence-corrected chi connectivity index (χ1v) is 7.84. The Kier molecular flexibility index (Phi) is 5.83. The summed E-state index contributed by atoms with van der Waals surface area (Å²) in [6.07, 6.45) is 6.08. The van der Waals surface area contributed by atoms with Gasteiger partial charge in [0.1, 0.15) is 5.75 Å². The van der Waals surface area contributed by atoms with E-state index in [1.165, 1.54) is 24.3 Å². The maximum atomic E-state index is 12.1. The normalized spacial score (nSPS) is 11.1. The SMILES string of the molecule is O=C(/C=C/c1ccc(OC(F)F)cc1)NCc1nc(-c2ccncc2)no1. The summed E-state index contributed by atoms with van der Waals surface area (Å²) in [5, 5.41) is 6.45. The molecule has 0 bridgehead atoms. The van der Waals surface area contributed by atoms with Crippen molar-refractivity contribution in [3.8, 4) is 17.1 Å². The van der Waals surface area contributed by atoms with Crippen LogP contribution >= 0.6 is 0 Å². The summed E-state index contributed by atoms with van der Waals surface area (Å²) in [7, 11) is 0. The van der Waals surface area contributed by atoms with Gasteiger partial charge in [0, 0.05) is 24.0 Å². The second kappa shape index (κ2) is 8.65. The molecule has 0 unspecified atom stereocenters. The van der Waals surface area contributed by atoms with E-state index >= 15 is 0 Å². The van der Waals surface area contributed by atoms with E-state index < -0.39 is 6.61 Å². The number of nitrogens with zero attached hydrogens (tertiary/aromatic N) is 3. The van der Waals surface area contributed by atoms with Crippen molar-refractivity contribution in [3.63, 3.8) is 0 Å². The minimum absolute atomic E-state index is 0.0491. The summed E-state index contributed by atoms with van der Waals surface area (Å²) in [4.78, 5) is 20.0. The van der Waals surface area contributed by atoms with Gasteiger partial charge < -0.3 is 14.6 Å². The molecular formula is C18H14F2N4O3. The number of ether oxygens (including phenoxy) is 1. The second-order valence-electron chi connectivity index (χ2n) is 5.25. The quantitative estimate of drug-likeness (QED) is 0.641. The Bertz CT molecular complexity index is 912. The lowest BCUT2D eigenvalue weighted by Crippen LogP contribution is -2.20. The lowest BCUT2D eigenvalue weighted by molar-refractivity contribution is -0.116. The summed E-state index contributed by atoms with van der Waals surface area (Å²) in [6, 6.07) is 9.38. The topological polar surface area (TPSA) is 90.1 Å². The Morgan fingerprint density at radius 1 is 1.19 bits per heavy atom. The third-order valence-corrected chi connectivity index (χ3v) is 3.35. The molecule has 0 saturated heterocycles. The average Bonchev–Trinajstić information content (AvgIpc) is 3.15. The molecule has 0 fully saturated rings. The molecule has 3 rings (SSSR count). The molecule has 3 aromatic rings. The van der Waals surface area contributed by atoms with Crippen LogP contribution in [0, 0.1) is 0 Å². The molecule has 0 atom stereocenters. The maximum absolute atomic E-state index is 12.1. The molecule has 2 aromatic heterocycles. The fraction of sp³-hybridized carbons (Fsp3) is 0.111. The van der Waals surface area contributed by atoms with Gasteiger partial charge in [0.2, 0.25) is 17.6 Å². The zero-order chi connectivity index (χ0) is 19.1. The van der Waals surface area contributed by atoms with Gasteiger partial charge in [0.15, 0.2) is 0 Å². The van der Waals surface area contributed by atoms with Crippen LogP contribution in [-0.4, -0.2) is 27.6 Å². The van der Waals surface area contributed by atoms with Gasteiger partial charge >= 0.3 is 6.61 Å². The second-order valence-corrected chi connectivity index (χ2v) is 5.25. The monoisotopic (exact) mass is 372 g/mol. The highest BCUT2D eigenvalue weighted by Gasteiger charge is 2.09. The van der Waals surface area contributed by atoms with Gasteiger partial charge in [0.05, 0.1) is 6.54 Å². The Morgan fingerprint density at radius 2 is 1.93 bits per heavy atom. The van der Waals surface area contributed by atoms with Gasteiger partial charge in [-0.05, 0) is 35.9 Å². The highest BCUT2D eigenvalue weighted by Crippen LogP contribution is 2.16. The standard InChI is InChI=1S/C18H14F2N4O3/c19-18(20)26-14-4-1-12(2-5-14)3-6-15(25)22-11-16-23-17(24-27-16)13-7-9-21-10-8-13/h1-10,18H,11H2,(H,22,25)/b6-3+. The van der Waals surface area contributed by atoms with E-state index in [1.54, 1.807) is 36.7 Å². The van der Waals surface area contributed by atoms with Crippen LogP contribution in [0.3, 0.4) is 0 Å². The van der Waals surface area contributed by atoms with Crippen LogP contribution in [0.1, 0.15) is 11.5 Å². The number of hydrogen-bond acceptors (Lipinski definition) is 6. The summed E-state index contributed by atoms with van der Waals surface area (Å²) < 4.78 is 33.5. The smallest absolute Gasteiger partial charge is 0.387 e. The molecule has 7 nitrogen and oxygen atoms in total. The van der Waals surface area contributed by atoms with E-state index in [9.17, 15) is 13.6 Å². The third kappa shape index (κ3) is 5.43. The number of amides is 1. The predicted molar refractivity (Wildman–Crippen MR) is 91.5 cm³/mol. The van der Waals surface area contributed by atoms with E-state index in [1.807, 2.05) is 0 Å². The molecule has 138 valence electrons. The summed E-state index contributed by atoms with van der Waals surface area (Å²) in [6.45, 7) is -2.80. The zero-order valence-corrected chi connectivity index (χ0v) is 13.9. The molecule has 1 amide bonds. The highest BCUT2D eigenvalue weighted by molar-refractivity contribution is 5.91. The molecule has 0 saturated carbocycles. The van der Waals surface area contributed by atoms with E-state index in [4.69, 9.17) is 4.52 Å². The first-order valence-electron chi connectivity index (χ1n) is 7.84. The lowest BCUT2D eigenvalue weighted by Gasteiger charge is -2.03. The van der Waals surface area contributed by atoms with E-state index in [-0.39, 0.29) is 24.1 Å². The molecule has 27 heavy (non-hydrogen) atoms. The van der Waals surface area contributed by atoms with Crippen molar-refractivity contribution in [1.29, 1.82) is 0 Å². The molecule has 0 aliphatic carbocycles. The van der Waals surface area contributed by atoms with Crippen molar-refractivity contribution in [3.05, 3.63) is 66.3 Å². The molecule has 0 aliphatic rings. The van der Waals surface area contributed by atoms with Crippen molar-refractivity contribution in [2.75, 3.05) is 0 Å². The van der Waals surface area contributed by atoms with Gasteiger partial charge in [0.25, 0.3) is 0 Å². The fourth-order valence-corrected chi connectivity index (χ4v) is 2.10. The van der Waals surface area contributed by atoms with Gasteiger partial charge in [-0.15, -0.1) is 0 Å². The zero-order valence-electron chi connectivity index (χ0n) is 13.9. The number of aromatic nitrogens is 3. The largest absolute Gasteiger partial charge is 0.435 e. The fourth-order valence-electron chi connectivity index (χ4n) is 2.10. The minimum atomic E-state index is -2.87. The third-order valence-electron chi connectivity index (χ3n) is 3.35. The van der Waals surface area contributed by atoms with Gasteiger partial charge in [-0.2, -0.15) is 13.8 Å². The van der Waals surface area contributed by atoms with Crippen molar-refractivity contribution in [2.45, 2.75) is 13.2 Å². The van der Waals surface area contributed by atoms with Crippen LogP contribution in [0.25, 0.3) is 17.5 Å². The lowest BCUT2D eigenvalue weighted by atomic mass is 10.2. The summed E-state index contributed by atoms with van der Waals surface area (Å²) >= 11 is 0. The van der Waals surface area contributed by atoms with Crippen molar-refractivity contribution < 1.29 is 22.8 Å². The van der Waals surface area contributed by atoms with Gasteiger partial charge in [-0.1, -0.05) is 17.3 Å². The van der Waals surface area contributed by atoms with Crippen LogP contribution in [0.4, 0.5) is 8.78 Å². The molecule has 1 aromatic carbocycles. The number of alkyl halides is 2. The van der Waals surface area contributed by atoms with Crippen LogP contribution in [0.5, 0.6) is 5.75 Å². The van der Waals surface area contributed by atoms with E-state index in [0.29, 0.717) is 11.4 Å². The number of hydrogen-bond donors (Lipinski definition) is 1. The number of rotatable bonds is 7. The van der Waals surface area contributed by atoms with E-state index in [0.717, 1.165) is 5.56 Å². The number of nitrogens with one attached hydrogen (secondary N) is 1. The Morgan fingerprint density at radius 3 is 2.63 bits per heavy atom. The van der Waals surface area contributed by atoms with Gasteiger partial charge in [-0.3, -0.25) is 9.78 Å². The summed E-state index contributed by atoms with van der Waals surface area (Å²) in [5.41, 5.74) is 1.41. The highest BCUT2D eigenvalue weighted by atomic mass is 19.3. The molecule has 9 heteroatoms. The van der Waals surface area contributed by atoms with Crippen LogP contribution in [0.2, 0.25) is 0 Å². The van der Waals surface area contributed by atoms with Crippen molar-refractivity contribution in [1.82, 2.24) is 20.4 Å². The number of carbonyl (C=O) groups excluding carboxylic acids is 1. The first-order chi connectivity index (χ1) is 13.1. The van der Waals surface area contributed by atoms with Crippen LogP contribution in [0.15, 0.2) is 59.4 Å². The Balaban J connectivity index is 1.51. The Hall–Kier alpha value is -3.62. The number of benzene rings is 1. The van der Waals surface area contributed by atoms with Crippen molar-refractivity contribution in [2.24, 2.45) is 0 Å². The number of carbonyl (C=O) groups is 1. The minimum Gasteiger partial charge on any atom is -0.435 e. The van der Waals surface area contributed by atoms with E-state index in [2.05, 4.69) is 25.2 Å². The Labute approximate surface area is 152 Å². The molecule has 1 N–H and O–H groups in total. The van der Waals surface area contributed by atoms with Gasteiger partial charge in [-0.25, -0.2) is 0 Å². The van der Waals surface area contributed by atoms with Crippen LogP contribution in [-0.2, 0) is 11.3 Å². The summed E-state index contributed by atoms with van der Waals surface area (Å²) in [5.74, 6) is 0.347. The first kappa shape index (κ1) is 18.2. The predicted octanol–water partition coefficient (Wildman–Crippen LogP) is 3.06. The average molecular weight is 372 g/mol. The molecule has 0 spiro atoms. The number of halogens is 2. The molecule has 2 heterocycles. The van der Waals surface area contributed by atoms with Crippen molar-refractivity contribution >= 4 is 12.0 Å². The van der Waals surface area contributed by atoms with Crippen LogP contribution < -0.4 is 10.1 Å². The number of pyridine rings is 1. The molecule has 0 aliphatic heterocycles. The maximum Gasteiger partial charge on any atom is 0.387 e.